The average molecular weight is 341 g/mol. The highest BCUT2D eigenvalue weighted by atomic mass is 79.9. The molecule has 3 N–H and O–H groups in total. The molecule has 0 radical (unpaired) electrons. The molecule has 1 saturated heterocycles. The molecule has 1 aromatic rings. The highest BCUT2D eigenvalue weighted by Gasteiger charge is 2.39. The minimum atomic E-state index is -1.06. The van der Waals surface area contributed by atoms with Crippen LogP contribution in [0.2, 0.25) is 0 Å². The van der Waals surface area contributed by atoms with Gasteiger partial charge in [0.15, 0.2) is 0 Å². The van der Waals surface area contributed by atoms with E-state index in [0.29, 0.717) is 16.7 Å². The Morgan fingerprint density at radius 2 is 2.25 bits per heavy atom. The van der Waals surface area contributed by atoms with Gasteiger partial charge in [-0.1, -0.05) is 22.9 Å². The molecule has 2 rings (SSSR count). The number of hydrogen-bond donors (Lipinski definition) is 3. The topological polar surface area (TPSA) is 78.4 Å². The number of anilines is 1. The fourth-order valence-corrected chi connectivity index (χ4v) is 2.82. The van der Waals surface area contributed by atoms with Crippen molar-refractivity contribution < 1.29 is 14.7 Å². The van der Waals surface area contributed by atoms with Gasteiger partial charge < -0.3 is 15.7 Å². The van der Waals surface area contributed by atoms with Gasteiger partial charge >= 0.3 is 5.97 Å². The predicted molar refractivity (Wildman–Crippen MR) is 79.9 cm³/mol. The molecule has 0 saturated carbocycles. The molecule has 1 heterocycles. The van der Waals surface area contributed by atoms with E-state index >= 15 is 0 Å². The minimum Gasteiger partial charge on any atom is -0.478 e. The molecule has 1 unspecified atom stereocenters. The summed E-state index contributed by atoms with van der Waals surface area (Å²) in [5, 5.41) is 15.2. The average Bonchev–Trinajstić information content (AvgIpc) is 2.90. The highest BCUT2D eigenvalue weighted by molar-refractivity contribution is 9.10. The Morgan fingerprint density at radius 1 is 1.50 bits per heavy atom. The molecule has 6 heteroatoms. The number of halogens is 1. The second kappa shape index (κ2) is 5.93. The molecule has 1 fully saturated rings. The molecule has 1 aliphatic rings. The molecule has 1 amide bonds. The van der Waals surface area contributed by atoms with E-state index < -0.39 is 11.4 Å². The zero-order valence-corrected chi connectivity index (χ0v) is 12.8. The predicted octanol–water partition coefficient (Wildman–Crippen LogP) is 2.48. The number of amides is 1. The number of benzene rings is 1. The van der Waals surface area contributed by atoms with E-state index in [9.17, 15) is 14.7 Å². The molecule has 108 valence electrons. The van der Waals surface area contributed by atoms with Crippen LogP contribution in [0.3, 0.4) is 0 Å². The van der Waals surface area contributed by atoms with E-state index in [4.69, 9.17) is 0 Å². The van der Waals surface area contributed by atoms with Crippen LogP contribution in [0.1, 0.15) is 30.1 Å². The Labute approximate surface area is 125 Å². The fourth-order valence-electron chi connectivity index (χ4n) is 2.46. The Morgan fingerprint density at radius 3 is 2.80 bits per heavy atom. The molecular formula is C14H17BrN2O3. The molecule has 0 bridgehead atoms. The largest absolute Gasteiger partial charge is 0.478 e. The van der Waals surface area contributed by atoms with Crippen LogP contribution < -0.4 is 10.6 Å². The number of carbonyl (C=O) groups excluding carboxylic acids is 1. The summed E-state index contributed by atoms with van der Waals surface area (Å²) in [6.45, 7) is 3.42. The van der Waals surface area contributed by atoms with Gasteiger partial charge in [-0.2, -0.15) is 0 Å². The van der Waals surface area contributed by atoms with Gasteiger partial charge in [0, 0.05) is 11.0 Å². The standard InChI is InChI=1S/C14H17BrN2O3/c1-2-14(5-6-16-8-14)13(20)17-11-4-3-9(15)7-10(11)12(18)19/h3-4,7,16H,2,5-6,8H2,1H3,(H,17,20)(H,18,19). The van der Waals surface area contributed by atoms with Gasteiger partial charge in [-0.15, -0.1) is 0 Å². The Balaban J connectivity index is 2.25. The van der Waals surface area contributed by atoms with Crippen molar-refractivity contribution in [3.05, 3.63) is 28.2 Å². The van der Waals surface area contributed by atoms with Crippen molar-refractivity contribution in [1.82, 2.24) is 5.32 Å². The summed E-state index contributed by atoms with van der Waals surface area (Å²) in [5.74, 6) is -1.17. The van der Waals surface area contributed by atoms with E-state index in [1.54, 1.807) is 12.1 Å². The summed E-state index contributed by atoms with van der Waals surface area (Å²) in [7, 11) is 0. The first kappa shape index (κ1) is 15.0. The number of rotatable bonds is 4. The minimum absolute atomic E-state index is 0.0879. The van der Waals surface area contributed by atoms with Crippen molar-refractivity contribution in [2.24, 2.45) is 5.41 Å². The van der Waals surface area contributed by atoms with Crippen LogP contribution in [-0.4, -0.2) is 30.1 Å². The maximum atomic E-state index is 12.5. The maximum Gasteiger partial charge on any atom is 0.337 e. The summed E-state index contributed by atoms with van der Waals surface area (Å²) in [4.78, 5) is 23.7. The molecular weight excluding hydrogens is 324 g/mol. The van der Waals surface area contributed by atoms with Gasteiger partial charge in [0.05, 0.1) is 16.7 Å². The monoisotopic (exact) mass is 340 g/mol. The number of hydrogen-bond acceptors (Lipinski definition) is 3. The van der Waals surface area contributed by atoms with Gasteiger partial charge in [-0.3, -0.25) is 4.79 Å². The summed E-state index contributed by atoms with van der Waals surface area (Å²) in [6, 6.07) is 4.81. The number of nitrogens with one attached hydrogen (secondary N) is 2. The summed E-state index contributed by atoms with van der Waals surface area (Å²) in [5.41, 5.74) is -0.0154. The van der Waals surface area contributed by atoms with E-state index in [2.05, 4.69) is 26.6 Å². The summed E-state index contributed by atoms with van der Waals surface area (Å²) >= 11 is 3.24. The third-order valence-electron chi connectivity index (χ3n) is 3.86. The van der Waals surface area contributed by atoms with E-state index in [-0.39, 0.29) is 11.5 Å². The molecule has 1 aliphatic heterocycles. The zero-order chi connectivity index (χ0) is 14.8. The van der Waals surface area contributed by atoms with E-state index in [1.807, 2.05) is 6.92 Å². The lowest BCUT2D eigenvalue weighted by Crippen LogP contribution is -2.37. The Hall–Kier alpha value is -1.40. The lowest BCUT2D eigenvalue weighted by atomic mass is 9.83. The van der Waals surface area contributed by atoms with Crippen LogP contribution in [0.5, 0.6) is 0 Å². The van der Waals surface area contributed by atoms with E-state index in [1.165, 1.54) is 6.07 Å². The van der Waals surface area contributed by atoms with Crippen LogP contribution in [0.25, 0.3) is 0 Å². The van der Waals surface area contributed by atoms with Crippen LogP contribution in [0.15, 0.2) is 22.7 Å². The van der Waals surface area contributed by atoms with Crippen LogP contribution >= 0.6 is 15.9 Å². The van der Waals surface area contributed by atoms with Gasteiger partial charge in [0.2, 0.25) is 5.91 Å². The van der Waals surface area contributed by atoms with Gasteiger partial charge in [0.1, 0.15) is 0 Å². The van der Waals surface area contributed by atoms with Crippen LogP contribution in [0.4, 0.5) is 5.69 Å². The first-order valence-corrected chi connectivity index (χ1v) is 7.33. The van der Waals surface area contributed by atoms with Gasteiger partial charge in [-0.25, -0.2) is 4.79 Å². The quantitative estimate of drug-likeness (QED) is 0.786. The third-order valence-corrected chi connectivity index (χ3v) is 4.36. The Kier molecular flexibility index (Phi) is 4.45. The summed E-state index contributed by atoms with van der Waals surface area (Å²) < 4.78 is 0.667. The van der Waals surface area contributed by atoms with Crippen molar-refractivity contribution in [2.45, 2.75) is 19.8 Å². The molecule has 5 nitrogen and oxygen atoms in total. The second-order valence-corrected chi connectivity index (χ2v) is 5.93. The first-order valence-electron chi connectivity index (χ1n) is 6.53. The molecule has 1 atom stereocenters. The van der Waals surface area contributed by atoms with E-state index in [0.717, 1.165) is 19.4 Å². The number of carboxylic acid groups (broad SMARTS) is 1. The number of aromatic carboxylic acids is 1. The van der Waals surface area contributed by atoms with Crippen LogP contribution in [-0.2, 0) is 4.79 Å². The molecule has 0 aliphatic carbocycles. The van der Waals surface area contributed by atoms with Crippen molar-refractivity contribution in [2.75, 3.05) is 18.4 Å². The SMILES string of the molecule is CCC1(C(=O)Nc2ccc(Br)cc2C(=O)O)CCNC1. The second-order valence-electron chi connectivity index (χ2n) is 5.01. The lowest BCUT2D eigenvalue weighted by molar-refractivity contribution is -0.124. The highest BCUT2D eigenvalue weighted by Crippen LogP contribution is 2.32. The fraction of sp³-hybridized carbons (Fsp3) is 0.429. The number of carbonyl (C=O) groups is 2. The van der Waals surface area contributed by atoms with Crippen LogP contribution in [0, 0.1) is 5.41 Å². The third kappa shape index (κ3) is 2.86. The molecule has 0 aromatic heterocycles. The smallest absolute Gasteiger partial charge is 0.337 e. The lowest BCUT2D eigenvalue weighted by Gasteiger charge is -2.25. The van der Waals surface area contributed by atoms with Gasteiger partial charge in [-0.05, 0) is 37.6 Å². The Bertz CT molecular complexity index is 539. The van der Waals surface area contributed by atoms with Crippen molar-refractivity contribution >= 4 is 33.5 Å². The van der Waals surface area contributed by atoms with Crippen molar-refractivity contribution in [3.8, 4) is 0 Å². The molecule has 0 spiro atoms. The summed E-state index contributed by atoms with van der Waals surface area (Å²) in [6.07, 6.45) is 1.50. The normalized spacial score (nSPS) is 21.7. The zero-order valence-electron chi connectivity index (χ0n) is 11.2. The van der Waals surface area contributed by atoms with Crippen molar-refractivity contribution in [1.29, 1.82) is 0 Å². The number of carboxylic acids is 1. The maximum absolute atomic E-state index is 12.5. The van der Waals surface area contributed by atoms with Gasteiger partial charge in [0.25, 0.3) is 0 Å². The molecule has 20 heavy (non-hydrogen) atoms. The first-order chi connectivity index (χ1) is 9.48. The van der Waals surface area contributed by atoms with Crippen molar-refractivity contribution in [3.63, 3.8) is 0 Å². The molecule has 1 aromatic carbocycles.